The van der Waals surface area contributed by atoms with Crippen LogP contribution in [-0.4, -0.2) is 9.58 Å². The van der Waals surface area contributed by atoms with E-state index in [1.807, 2.05) is 6.07 Å². The number of aromatic nitrogens is 1. The van der Waals surface area contributed by atoms with Gasteiger partial charge in [0.25, 0.3) is 0 Å². The molecule has 0 aliphatic rings. The average molecular weight is 880 g/mol. The summed E-state index contributed by atoms with van der Waals surface area (Å²) in [6.07, 6.45) is 1.31. The molecule has 0 atom stereocenters. The van der Waals surface area contributed by atoms with Gasteiger partial charge < -0.3 is 17.2 Å². The first-order valence-corrected chi connectivity index (χ1v) is 22.4. The molecule has 0 saturated carbocycles. The predicted octanol–water partition coefficient (Wildman–Crippen LogP) is 7.31. The molecule has 0 radical (unpaired) electrons. The van der Waals surface area contributed by atoms with E-state index in [9.17, 15) is 0 Å². The van der Waals surface area contributed by atoms with Gasteiger partial charge in [0.2, 0.25) is 0 Å². The molecule has 1 aromatic heterocycles. The number of hydrogen-bond donors (Lipinski definition) is 1. The Hall–Kier alpha value is 1.01. The molecule has 0 unspecified atom stereocenters. The van der Waals surface area contributed by atoms with Gasteiger partial charge in [-0.1, -0.05) is 46.3 Å². The molecule has 0 aliphatic carbocycles. The van der Waals surface area contributed by atoms with E-state index in [0.717, 1.165) is 0 Å². The molecule has 0 saturated heterocycles. The van der Waals surface area contributed by atoms with Crippen molar-refractivity contribution >= 4 is 99.9 Å². The summed E-state index contributed by atoms with van der Waals surface area (Å²) < 4.78 is 5.88. The molecule has 0 fully saturated rings. The van der Waals surface area contributed by atoms with Crippen LogP contribution in [0.15, 0.2) is 15.1 Å². The summed E-state index contributed by atoms with van der Waals surface area (Å²) in [4.78, 5) is -0.278. The summed E-state index contributed by atoms with van der Waals surface area (Å²) in [5.41, 5.74) is 5.53. The fourth-order valence-electron chi connectivity index (χ4n) is 0.704. The maximum atomic E-state index is 8.36. The quantitative estimate of drug-likeness (QED) is 0.137. The van der Waals surface area contributed by atoms with Gasteiger partial charge in [-0.3, -0.25) is 0 Å². The minimum absolute atomic E-state index is 0.0216. The van der Waals surface area contributed by atoms with Crippen LogP contribution in [0.25, 0.3) is 0 Å². The van der Waals surface area contributed by atoms with Crippen molar-refractivity contribution in [3.05, 3.63) is 28.9 Å². The van der Waals surface area contributed by atoms with E-state index < -0.39 is 0 Å². The second-order valence-electron chi connectivity index (χ2n) is 3.62. The third-order valence-corrected chi connectivity index (χ3v) is 3.03. The van der Waals surface area contributed by atoms with E-state index in [-0.39, 0.29) is 21.3 Å². The number of nitrogens with zero attached hydrogens (tertiary/aromatic N) is 4. The third-order valence-electron chi connectivity index (χ3n) is 1.76. The Morgan fingerprint density at radius 1 is 1.26 bits per heavy atom. The van der Waals surface area contributed by atoms with E-state index in [0.29, 0.717) is 11.3 Å². The molecular weight excluding hydrogens is 860 g/mol. The van der Waals surface area contributed by atoms with Gasteiger partial charge in [0.05, 0.1) is 0 Å². The molecule has 0 spiro atoms. The number of hydrogen-bond acceptors (Lipinski definition) is 6. The molecule has 1 rings (SSSR count). The zero-order chi connectivity index (χ0) is 22.4. The summed E-state index contributed by atoms with van der Waals surface area (Å²) in [5.74, 6) is 0.630. The van der Waals surface area contributed by atoms with Crippen molar-refractivity contribution in [3.63, 3.8) is 0 Å². The average Bonchev–Trinajstić information content (AvgIpc) is 2.95. The Morgan fingerprint density at radius 2 is 1.63 bits per heavy atom. The molecule has 0 aliphatic heterocycles. The normalized spacial score (nSPS) is 7.56. The Balaban J connectivity index is -0.000000134. The first kappa shape index (κ1) is 35.5. The number of nitrogen functional groups attached to an aromatic ring is 1. The molecule has 27 heavy (non-hydrogen) atoms. The van der Waals surface area contributed by atoms with Crippen LogP contribution in [0.5, 0.6) is 0 Å². The van der Waals surface area contributed by atoms with E-state index in [1.54, 1.807) is 26.0 Å². The topological polar surface area (TPSA) is 123 Å². The van der Waals surface area contributed by atoms with Crippen molar-refractivity contribution in [2.24, 2.45) is 0 Å². The zero-order valence-electron chi connectivity index (χ0n) is 15.2. The molecule has 152 valence electrons. The van der Waals surface area contributed by atoms with Crippen LogP contribution in [0.1, 0.15) is 38.5 Å². The molecule has 1 heterocycles. The maximum absolute atomic E-state index is 8.36. The summed E-state index contributed by atoms with van der Waals surface area (Å²) in [6, 6.07) is 5.14. The predicted molar refractivity (Wildman–Crippen MR) is 142 cm³/mol. The van der Waals surface area contributed by atoms with Gasteiger partial charge in [-0.2, -0.15) is 22.7 Å². The molecule has 6 nitrogen and oxygen atoms in total. The van der Waals surface area contributed by atoms with Crippen molar-refractivity contribution in [3.8, 4) is 18.2 Å². The van der Waals surface area contributed by atoms with Crippen LogP contribution >= 0.6 is 94.1 Å². The number of halogens is 5. The zero-order valence-corrected chi connectivity index (χ0v) is 26.0. The standard InChI is InChI=1S/C5H3ClN2.C5H5N3O.C3H7I.C2H5.3HI.V/c1-4(6)5(2-7)3-8;1-3-4(2-6)5(7)8-9-3;1-2-3-4;1-2;;;;/h1H3;1H3,(H2,7,8);2-3H2,1H3;1H2,2H3;3*1H;/q;;;-1;;;;+3/p-3. The molecule has 0 aromatic carbocycles. The second-order valence-corrected chi connectivity index (χ2v) is 40.6. The van der Waals surface area contributed by atoms with Crippen LogP contribution < -0.4 is 5.73 Å². The van der Waals surface area contributed by atoms with Crippen molar-refractivity contribution in [1.29, 1.82) is 15.8 Å². The summed E-state index contributed by atoms with van der Waals surface area (Å²) in [7, 11) is 0. The van der Waals surface area contributed by atoms with E-state index in [1.165, 1.54) is 17.8 Å². The van der Waals surface area contributed by atoms with Crippen LogP contribution in [0.3, 0.4) is 0 Å². The second kappa shape index (κ2) is 27.0. The Morgan fingerprint density at radius 3 is 1.70 bits per heavy atom. The van der Waals surface area contributed by atoms with Crippen molar-refractivity contribution in [2.45, 2.75) is 34.1 Å². The fraction of sp³-hybridized carbons (Fsp3) is 0.400. The van der Waals surface area contributed by atoms with Crippen molar-refractivity contribution < 1.29 is 9.44 Å². The summed E-state index contributed by atoms with van der Waals surface area (Å²) in [5, 5.41) is 28.1. The number of nitrogens with two attached hydrogens (primary N) is 1. The minimum atomic E-state index is -0.278. The molecule has 12 heteroatoms. The van der Waals surface area contributed by atoms with Gasteiger partial charge in [0.1, 0.15) is 29.3 Å². The Labute approximate surface area is 218 Å². The number of anilines is 1. The van der Waals surface area contributed by atoms with Gasteiger partial charge >= 0.3 is 64.9 Å². The number of aryl methyl sites for hydroxylation is 1. The van der Waals surface area contributed by atoms with E-state index >= 15 is 0 Å². The molecule has 0 bridgehead atoms. The molecular formula is C15H20ClI4N5OV-. The first-order chi connectivity index (χ1) is 12.6. The van der Waals surface area contributed by atoms with E-state index in [4.69, 9.17) is 33.1 Å². The van der Waals surface area contributed by atoms with Crippen LogP contribution in [0.4, 0.5) is 5.82 Å². The molecule has 1 aromatic rings. The third kappa shape index (κ3) is 27.0. The molecule has 2 N–H and O–H groups in total. The van der Waals surface area contributed by atoms with Crippen LogP contribution in [0.2, 0.25) is 0 Å². The van der Waals surface area contributed by atoms with Crippen LogP contribution in [0, 0.1) is 47.8 Å². The van der Waals surface area contributed by atoms with Gasteiger partial charge in [-0.25, -0.2) is 0 Å². The van der Waals surface area contributed by atoms with Gasteiger partial charge in [-0.05, 0) is 24.7 Å². The van der Waals surface area contributed by atoms with Gasteiger partial charge in [0, 0.05) is 5.03 Å². The molecule has 0 amide bonds. The van der Waals surface area contributed by atoms with Crippen molar-refractivity contribution in [2.75, 3.05) is 10.2 Å². The first-order valence-electron chi connectivity index (χ1n) is 6.95. The SMILES string of the molecule is CC(Cl)=C(C#N)C#N.CCCI.Cc1onc(N)c1C#N.[CH2-]C.[I][V]([I])[I]. The number of alkyl halides is 1. The van der Waals surface area contributed by atoms with Crippen molar-refractivity contribution in [1.82, 2.24) is 5.16 Å². The number of rotatable bonds is 1. The number of allylic oxidation sites excluding steroid dienone is 2. The monoisotopic (exact) mass is 880 g/mol. The Kier molecular flexibility index (Phi) is 35.5. The van der Waals surface area contributed by atoms with E-state index in [2.05, 4.69) is 106 Å². The Bertz CT molecular complexity index is 604. The van der Waals surface area contributed by atoms with Gasteiger partial charge in [-0.15, -0.1) is 0 Å². The summed E-state index contributed by atoms with van der Waals surface area (Å²) >= 11 is 15.0. The summed E-state index contributed by atoms with van der Waals surface area (Å²) in [6.45, 7) is 10.3. The number of nitriles is 3. The fourth-order valence-corrected chi connectivity index (χ4v) is 0.789. The van der Waals surface area contributed by atoms with Crippen LogP contribution in [-0.2, 0) is 4.92 Å². The van der Waals surface area contributed by atoms with Gasteiger partial charge in [0.15, 0.2) is 11.6 Å².